The van der Waals surface area contributed by atoms with Gasteiger partial charge in [-0.15, -0.1) is 0 Å². The van der Waals surface area contributed by atoms with Crippen molar-refractivity contribution in [3.8, 4) is 0 Å². The predicted molar refractivity (Wildman–Crippen MR) is 92.6 cm³/mol. The van der Waals surface area contributed by atoms with E-state index in [1.54, 1.807) is 0 Å². The van der Waals surface area contributed by atoms with E-state index in [0.717, 1.165) is 13.2 Å². The molecule has 1 aromatic carbocycles. The molecule has 2 saturated heterocycles. The summed E-state index contributed by atoms with van der Waals surface area (Å²) < 4.78 is 12.8. The maximum absolute atomic E-state index is 6.40. The number of hydrogen-bond donors (Lipinski definition) is 0. The lowest BCUT2D eigenvalue weighted by Gasteiger charge is -2.51. The van der Waals surface area contributed by atoms with Crippen LogP contribution in [0.3, 0.4) is 0 Å². The van der Waals surface area contributed by atoms with Gasteiger partial charge in [0.25, 0.3) is 0 Å². The highest BCUT2D eigenvalue weighted by atomic mass is 16.5. The molecular weight excluding hydrogens is 284 g/mol. The molecule has 2 nitrogen and oxygen atoms in total. The molecule has 4 rings (SSSR count). The second-order valence-electron chi connectivity index (χ2n) is 8.77. The molecule has 0 bridgehead atoms. The van der Waals surface area contributed by atoms with E-state index in [9.17, 15) is 0 Å². The average Bonchev–Trinajstić information content (AvgIpc) is 2.95. The van der Waals surface area contributed by atoms with Gasteiger partial charge in [0.1, 0.15) is 0 Å². The van der Waals surface area contributed by atoms with Crippen molar-refractivity contribution in [2.24, 2.45) is 11.8 Å². The fourth-order valence-corrected chi connectivity index (χ4v) is 5.10. The fraction of sp³-hybridized carbons (Fsp3) is 0.714. The van der Waals surface area contributed by atoms with Crippen molar-refractivity contribution < 1.29 is 9.47 Å². The molecule has 4 atom stereocenters. The lowest BCUT2D eigenvalue weighted by atomic mass is 9.64. The van der Waals surface area contributed by atoms with Crippen LogP contribution in [0.15, 0.2) is 24.3 Å². The summed E-state index contributed by atoms with van der Waals surface area (Å²) in [5.41, 5.74) is 3.06. The number of ether oxygens (including phenoxy) is 2. The van der Waals surface area contributed by atoms with Gasteiger partial charge in [0.05, 0.1) is 18.3 Å². The minimum atomic E-state index is 0.115. The van der Waals surface area contributed by atoms with Gasteiger partial charge >= 0.3 is 0 Å². The van der Waals surface area contributed by atoms with E-state index in [2.05, 4.69) is 45.0 Å². The van der Waals surface area contributed by atoms with Crippen molar-refractivity contribution in [2.45, 2.75) is 70.0 Å². The molecular formula is C21H30O2. The van der Waals surface area contributed by atoms with Crippen LogP contribution >= 0.6 is 0 Å². The Morgan fingerprint density at radius 3 is 2.57 bits per heavy atom. The summed E-state index contributed by atoms with van der Waals surface area (Å²) in [6.45, 7) is 8.62. The third-order valence-electron chi connectivity index (χ3n) is 6.44. The van der Waals surface area contributed by atoms with Crippen LogP contribution in [-0.4, -0.2) is 18.8 Å². The van der Waals surface area contributed by atoms with Gasteiger partial charge in [-0.3, -0.25) is 0 Å². The quantitative estimate of drug-likeness (QED) is 0.724. The van der Waals surface area contributed by atoms with Crippen molar-refractivity contribution in [3.63, 3.8) is 0 Å². The molecule has 0 aromatic heterocycles. The first kappa shape index (κ1) is 15.7. The Kier molecular flexibility index (Phi) is 3.81. The molecule has 0 radical (unpaired) electrons. The van der Waals surface area contributed by atoms with E-state index >= 15 is 0 Å². The zero-order valence-corrected chi connectivity index (χ0v) is 14.8. The minimum Gasteiger partial charge on any atom is -0.374 e. The second kappa shape index (κ2) is 5.60. The number of hydrogen-bond acceptors (Lipinski definition) is 2. The normalized spacial score (nSPS) is 37.3. The molecule has 2 heteroatoms. The second-order valence-corrected chi connectivity index (χ2v) is 8.77. The summed E-state index contributed by atoms with van der Waals surface area (Å²) in [7, 11) is 0. The van der Waals surface area contributed by atoms with Crippen LogP contribution in [0.2, 0.25) is 0 Å². The van der Waals surface area contributed by atoms with Gasteiger partial charge in [-0.2, -0.15) is 0 Å². The molecule has 2 heterocycles. The Bertz CT molecular complexity index is 556. The Balaban J connectivity index is 1.63. The molecule has 1 saturated carbocycles. The Morgan fingerprint density at radius 2 is 1.83 bits per heavy atom. The van der Waals surface area contributed by atoms with E-state index in [4.69, 9.17) is 9.47 Å². The van der Waals surface area contributed by atoms with Crippen LogP contribution in [0.1, 0.15) is 70.1 Å². The van der Waals surface area contributed by atoms with Crippen LogP contribution in [0, 0.1) is 11.8 Å². The van der Waals surface area contributed by atoms with Gasteiger partial charge in [0.2, 0.25) is 0 Å². The topological polar surface area (TPSA) is 18.5 Å². The van der Waals surface area contributed by atoms with Crippen LogP contribution in [0.4, 0.5) is 0 Å². The molecule has 2 aliphatic heterocycles. The standard InChI is InChI=1S/C21H30O2/c1-20(2,3)16-9-7-15(8-10-16)19-18-6-4-5-12-21(18)17(14-22-19)11-13-23-21/h7-10,17-19H,4-6,11-14H2,1-3H3/t17-,18-,19-,21-/m0/s1. The van der Waals surface area contributed by atoms with Crippen molar-refractivity contribution in [3.05, 3.63) is 35.4 Å². The van der Waals surface area contributed by atoms with Crippen LogP contribution in [-0.2, 0) is 14.9 Å². The minimum absolute atomic E-state index is 0.115. The highest BCUT2D eigenvalue weighted by Crippen LogP contribution is 2.55. The third-order valence-corrected chi connectivity index (χ3v) is 6.44. The summed E-state index contributed by atoms with van der Waals surface area (Å²) in [5, 5.41) is 0. The monoisotopic (exact) mass is 314 g/mol. The van der Waals surface area contributed by atoms with Crippen LogP contribution < -0.4 is 0 Å². The largest absolute Gasteiger partial charge is 0.374 e. The number of rotatable bonds is 1. The summed E-state index contributed by atoms with van der Waals surface area (Å²) >= 11 is 0. The summed E-state index contributed by atoms with van der Waals surface area (Å²) in [4.78, 5) is 0. The highest BCUT2D eigenvalue weighted by molar-refractivity contribution is 5.30. The molecule has 0 N–H and O–H groups in total. The molecule has 1 aromatic rings. The van der Waals surface area contributed by atoms with Gasteiger partial charge in [-0.25, -0.2) is 0 Å². The van der Waals surface area contributed by atoms with Crippen molar-refractivity contribution in [1.82, 2.24) is 0 Å². The molecule has 3 aliphatic rings. The molecule has 0 amide bonds. The first-order chi connectivity index (χ1) is 11.0. The van der Waals surface area contributed by atoms with Crippen molar-refractivity contribution in [2.75, 3.05) is 13.2 Å². The first-order valence-corrected chi connectivity index (χ1v) is 9.37. The zero-order chi connectivity index (χ0) is 16.1. The van der Waals surface area contributed by atoms with Gasteiger partial charge in [-0.1, -0.05) is 57.9 Å². The van der Waals surface area contributed by atoms with Crippen molar-refractivity contribution >= 4 is 0 Å². The number of benzene rings is 1. The van der Waals surface area contributed by atoms with E-state index in [0.29, 0.717) is 11.8 Å². The highest BCUT2D eigenvalue weighted by Gasteiger charge is 2.56. The summed E-state index contributed by atoms with van der Waals surface area (Å²) in [6, 6.07) is 9.16. The molecule has 0 unspecified atom stereocenters. The predicted octanol–water partition coefficient (Wildman–Crippen LogP) is 5.02. The lowest BCUT2D eigenvalue weighted by molar-refractivity contribution is -0.196. The van der Waals surface area contributed by atoms with Gasteiger partial charge < -0.3 is 9.47 Å². The first-order valence-electron chi connectivity index (χ1n) is 9.37. The van der Waals surface area contributed by atoms with Crippen LogP contribution in [0.5, 0.6) is 0 Å². The zero-order valence-electron chi connectivity index (χ0n) is 14.8. The molecule has 1 aliphatic carbocycles. The SMILES string of the molecule is CC(C)(C)c1ccc([C@@H]2OC[C@@H]3CCO[C@@]34CCCC[C@@H]24)cc1. The average molecular weight is 314 g/mol. The Hall–Kier alpha value is -0.860. The Labute approximate surface area is 140 Å². The maximum atomic E-state index is 6.40. The summed E-state index contributed by atoms with van der Waals surface area (Å²) in [6.07, 6.45) is 6.54. The summed E-state index contributed by atoms with van der Waals surface area (Å²) in [5.74, 6) is 1.16. The smallest absolute Gasteiger partial charge is 0.0880 e. The van der Waals surface area contributed by atoms with Crippen molar-refractivity contribution in [1.29, 1.82) is 0 Å². The van der Waals surface area contributed by atoms with Crippen LogP contribution in [0.25, 0.3) is 0 Å². The van der Waals surface area contributed by atoms with Gasteiger partial charge in [-0.05, 0) is 35.8 Å². The fourth-order valence-electron chi connectivity index (χ4n) is 5.10. The molecule has 3 fully saturated rings. The van der Waals surface area contributed by atoms with E-state index < -0.39 is 0 Å². The van der Waals surface area contributed by atoms with E-state index in [1.807, 2.05) is 0 Å². The molecule has 23 heavy (non-hydrogen) atoms. The van der Waals surface area contributed by atoms with E-state index in [-0.39, 0.29) is 17.1 Å². The van der Waals surface area contributed by atoms with E-state index in [1.165, 1.54) is 43.2 Å². The maximum Gasteiger partial charge on any atom is 0.0880 e. The Morgan fingerprint density at radius 1 is 1.04 bits per heavy atom. The third kappa shape index (κ3) is 2.55. The van der Waals surface area contributed by atoms with Gasteiger partial charge in [0, 0.05) is 18.4 Å². The lowest BCUT2D eigenvalue weighted by Crippen LogP contribution is -2.53. The van der Waals surface area contributed by atoms with Gasteiger partial charge in [0.15, 0.2) is 0 Å². The molecule has 1 spiro atoms. The molecule has 126 valence electrons.